The summed E-state index contributed by atoms with van der Waals surface area (Å²) < 4.78 is 20.2. The molecule has 1 atom stereocenters. The van der Waals surface area contributed by atoms with Crippen LogP contribution in [0.25, 0.3) is 0 Å². The molecule has 0 aliphatic rings. The highest BCUT2D eigenvalue weighted by Crippen LogP contribution is 2.51. The van der Waals surface area contributed by atoms with Crippen LogP contribution in [0, 0.1) is 0 Å². The molecule has 0 aliphatic heterocycles. The van der Waals surface area contributed by atoms with Gasteiger partial charge in [0.2, 0.25) is 0 Å². The van der Waals surface area contributed by atoms with Crippen molar-refractivity contribution in [1.29, 1.82) is 0 Å². The summed E-state index contributed by atoms with van der Waals surface area (Å²) in [5.74, 6) is -1.25. The minimum Gasteiger partial charge on any atom is -0.396 e. The van der Waals surface area contributed by atoms with Crippen LogP contribution >= 0.6 is 7.60 Å². The molecule has 0 fully saturated rings. The first-order valence-corrected chi connectivity index (χ1v) is 4.72. The Morgan fingerprint density at radius 1 is 1.45 bits per heavy atom. The van der Waals surface area contributed by atoms with Crippen LogP contribution in [-0.4, -0.2) is 36.9 Å². The normalized spacial score (nSPS) is 14.9. The summed E-state index contributed by atoms with van der Waals surface area (Å²) in [7, 11) is -1.02. The summed E-state index contributed by atoms with van der Waals surface area (Å²) in [6, 6.07) is 0. The Bertz CT molecular complexity index is 140. The van der Waals surface area contributed by atoms with E-state index in [2.05, 4.69) is 9.05 Å². The molecule has 0 aliphatic carbocycles. The molecule has 0 radical (unpaired) electrons. The largest absolute Gasteiger partial charge is 0.396 e. The molecular weight excluding hydrogens is 171 g/mol. The highest BCUT2D eigenvalue weighted by molar-refractivity contribution is 7.54. The van der Waals surface area contributed by atoms with E-state index in [0.717, 1.165) is 0 Å². The van der Waals surface area contributed by atoms with Crippen LogP contribution in [-0.2, 0) is 13.6 Å². The van der Waals surface area contributed by atoms with Crippen LogP contribution < -0.4 is 0 Å². The molecule has 68 valence electrons. The molecule has 0 aromatic rings. The Balaban J connectivity index is 4.13. The van der Waals surface area contributed by atoms with Gasteiger partial charge in [0.1, 0.15) is 0 Å². The summed E-state index contributed by atoms with van der Waals surface area (Å²) in [4.78, 5) is 0. The van der Waals surface area contributed by atoms with E-state index in [1.165, 1.54) is 14.2 Å². The van der Waals surface area contributed by atoms with Crippen molar-refractivity contribution in [2.45, 2.75) is 12.3 Å². The molecule has 2 N–H and O–H groups in total. The lowest BCUT2D eigenvalue weighted by molar-refractivity contribution is 0.144. The van der Waals surface area contributed by atoms with Crippen molar-refractivity contribution in [3.63, 3.8) is 0 Å². The van der Waals surface area contributed by atoms with E-state index in [1.54, 1.807) is 0 Å². The summed E-state index contributed by atoms with van der Waals surface area (Å²) in [6.07, 6.45) is -0.0149. The van der Waals surface area contributed by atoms with E-state index in [0.29, 0.717) is 0 Å². The van der Waals surface area contributed by atoms with Crippen molar-refractivity contribution in [3.8, 4) is 0 Å². The second-order valence-electron chi connectivity index (χ2n) is 1.90. The van der Waals surface area contributed by atoms with Gasteiger partial charge >= 0.3 is 7.60 Å². The minimum absolute atomic E-state index is 0.0149. The molecule has 0 rings (SSSR count). The molecule has 0 saturated carbocycles. The Kier molecular flexibility index (Phi) is 4.88. The summed E-state index contributed by atoms with van der Waals surface area (Å²) in [6.45, 7) is -0.252. The maximum atomic E-state index is 11.2. The second kappa shape index (κ2) is 4.85. The highest BCUT2D eigenvalue weighted by atomic mass is 31.2. The van der Waals surface area contributed by atoms with Crippen LogP contribution in [0.15, 0.2) is 0 Å². The van der Waals surface area contributed by atoms with Gasteiger partial charge in [0.05, 0.1) is 0 Å². The summed E-state index contributed by atoms with van der Waals surface area (Å²) in [5.41, 5.74) is 0. The lowest BCUT2D eigenvalue weighted by Crippen LogP contribution is -2.11. The fourth-order valence-corrected chi connectivity index (χ4v) is 1.66. The molecule has 11 heavy (non-hydrogen) atoms. The maximum Gasteiger partial charge on any atom is 0.358 e. The Labute approximate surface area is 65.5 Å². The average molecular weight is 184 g/mol. The molecule has 6 heteroatoms. The van der Waals surface area contributed by atoms with Gasteiger partial charge in [0.15, 0.2) is 5.85 Å². The van der Waals surface area contributed by atoms with Gasteiger partial charge < -0.3 is 19.3 Å². The lowest BCUT2D eigenvalue weighted by Gasteiger charge is -2.18. The third-order valence-corrected chi connectivity index (χ3v) is 3.27. The third-order valence-electron chi connectivity index (χ3n) is 1.26. The molecular formula is C5H13O5P. The van der Waals surface area contributed by atoms with Gasteiger partial charge in [-0.15, -0.1) is 0 Å². The van der Waals surface area contributed by atoms with Crippen LogP contribution in [0.2, 0.25) is 0 Å². The molecule has 5 nitrogen and oxygen atoms in total. The Hall–Kier alpha value is 0.0700. The van der Waals surface area contributed by atoms with Crippen molar-refractivity contribution in [2.24, 2.45) is 0 Å². The fourth-order valence-electron chi connectivity index (χ4n) is 0.591. The Morgan fingerprint density at radius 2 is 1.91 bits per heavy atom. The number of rotatable bonds is 5. The maximum absolute atomic E-state index is 11.2. The molecule has 1 unspecified atom stereocenters. The van der Waals surface area contributed by atoms with Crippen LogP contribution in [0.3, 0.4) is 0 Å². The van der Waals surface area contributed by atoms with Gasteiger partial charge in [0.25, 0.3) is 0 Å². The fraction of sp³-hybridized carbons (Fsp3) is 1.00. The van der Waals surface area contributed by atoms with E-state index in [1.807, 2.05) is 0 Å². The van der Waals surface area contributed by atoms with Crippen molar-refractivity contribution in [3.05, 3.63) is 0 Å². The van der Waals surface area contributed by atoms with Gasteiger partial charge in [0, 0.05) is 27.2 Å². The van der Waals surface area contributed by atoms with Gasteiger partial charge in [-0.05, 0) is 0 Å². The molecule has 0 heterocycles. The van der Waals surface area contributed by atoms with Crippen molar-refractivity contribution >= 4 is 7.60 Å². The molecule has 0 amide bonds. The molecule has 0 aromatic carbocycles. The summed E-state index contributed by atoms with van der Waals surface area (Å²) in [5, 5.41) is 17.5. The standard InChI is InChI=1S/C5H13O5P/c1-9-11(8,10-2)5(7)3-4-6/h5-7H,3-4H2,1-2H3. The quantitative estimate of drug-likeness (QED) is 0.596. The zero-order valence-corrected chi connectivity index (χ0v) is 7.45. The smallest absolute Gasteiger partial charge is 0.358 e. The van der Waals surface area contributed by atoms with Crippen LogP contribution in [0.5, 0.6) is 0 Å². The van der Waals surface area contributed by atoms with Gasteiger partial charge in [-0.3, -0.25) is 4.57 Å². The van der Waals surface area contributed by atoms with Crippen molar-refractivity contribution < 1.29 is 23.8 Å². The molecule has 0 saturated heterocycles. The predicted octanol–water partition coefficient (Wildman–Crippen LogP) is 0.173. The van der Waals surface area contributed by atoms with E-state index in [4.69, 9.17) is 10.2 Å². The topological polar surface area (TPSA) is 76.0 Å². The lowest BCUT2D eigenvalue weighted by atomic mass is 10.5. The second-order valence-corrected chi connectivity index (χ2v) is 4.30. The van der Waals surface area contributed by atoms with Crippen molar-refractivity contribution in [1.82, 2.24) is 0 Å². The number of aliphatic hydroxyl groups excluding tert-OH is 2. The predicted molar refractivity (Wildman–Crippen MR) is 39.3 cm³/mol. The molecule has 0 spiro atoms. The van der Waals surface area contributed by atoms with Crippen molar-refractivity contribution in [2.75, 3.05) is 20.8 Å². The minimum atomic E-state index is -3.39. The number of aliphatic hydroxyl groups is 2. The van der Waals surface area contributed by atoms with E-state index >= 15 is 0 Å². The first-order chi connectivity index (χ1) is 5.10. The highest BCUT2D eigenvalue weighted by Gasteiger charge is 2.31. The monoisotopic (exact) mass is 184 g/mol. The van der Waals surface area contributed by atoms with Gasteiger partial charge in [-0.1, -0.05) is 0 Å². The van der Waals surface area contributed by atoms with Crippen LogP contribution in [0.4, 0.5) is 0 Å². The molecule has 0 bridgehead atoms. The zero-order valence-electron chi connectivity index (χ0n) is 6.56. The third kappa shape index (κ3) is 2.89. The first-order valence-electron chi connectivity index (χ1n) is 3.11. The van der Waals surface area contributed by atoms with E-state index in [9.17, 15) is 4.57 Å². The number of hydrogen-bond donors (Lipinski definition) is 2. The van der Waals surface area contributed by atoms with E-state index < -0.39 is 13.4 Å². The average Bonchev–Trinajstić information content (AvgIpc) is 2.03. The SMILES string of the molecule is COP(=O)(OC)C(O)CCO. The van der Waals surface area contributed by atoms with Gasteiger partial charge in [-0.25, -0.2) is 0 Å². The zero-order chi connectivity index (χ0) is 8.91. The first kappa shape index (κ1) is 11.1. The van der Waals surface area contributed by atoms with Crippen LogP contribution in [0.1, 0.15) is 6.42 Å². The summed E-state index contributed by atoms with van der Waals surface area (Å²) >= 11 is 0. The molecule has 0 aromatic heterocycles. The van der Waals surface area contributed by atoms with Gasteiger partial charge in [-0.2, -0.15) is 0 Å². The number of hydrogen-bond acceptors (Lipinski definition) is 5. The van der Waals surface area contributed by atoms with E-state index in [-0.39, 0.29) is 13.0 Å². The Morgan fingerprint density at radius 3 is 2.18 bits per heavy atom.